The Kier molecular flexibility index (Phi) is 3.93. The van der Waals surface area contributed by atoms with Gasteiger partial charge in [0.05, 0.1) is 11.4 Å². The van der Waals surface area contributed by atoms with Crippen LogP contribution < -0.4 is 5.32 Å². The quantitative estimate of drug-likeness (QED) is 0.616. The Balaban J connectivity index is 1.63. The van der Waals surface area contributed by atoms with Crippen LogP contribution in [0.1, 0.15) is 21.7 Å². The Hall–Kier alpha value is -3.54. The predicted octanol–water partition coefficient (Wildman–Crippen LogP) is 3.68. The molecule has 2 heterocycles. The number of nitrogens with one attached hydrogen (secondary N) is 1. The Labute approximate surface area is 150 Å². The highest BCUT2D eigenvalue weighted by atomic mass is 16.2. The van der Waals surface area contributed by atoms with Crippen LogP contribution >= 0.6 is 0 Å². The molecule has 1 N–H and O–H groups in total. The molecule has 0 saturated carbocycles. The lowest BCUT2D eigenvalue weighted by molar-refractivity contribution is 0.102. The third-order valence-corrected chi connectivity index (χ3v) is 4.35. The van der Waals surface area contributed by atoms with Crippen LogP contribution in [0, 0.1) is 13.8 Å². The normalized spacial score (nSPS) is 10.8. The van der Waals surface area contributed by atoms with Gasteiger partial charge in [0.15, 0.2) is 5.69 Å². The van der Waals surface area contributed by atoms with Gasteiger partial charge in [-0.1, -0.05) is 29.5 Å². The van der Waals surface area contributed by atoms with E-state index in [0.717, 1.165) is 22.0 Å². The molecule has 2 aromatic heterocycles. The third kappa shape index (κ3) is 2.82. The van der Waals surface area contributed by atoms with E-state index >= 15 is 0 Å². The Morgan fingerprint density at radius 3 is 2.73 bits per heavy atom. The van der Waals surface area contributed by atoms with E-state index in [1.807, 2.05) is 62.4 Å². The van der Waals surface area contributed by atoms with Crippen molar-refractivity contribution in [3.63, 3.8) is 0 Å². The van der Waals surface area contributed by atoms with Gasteiger partial charge < -0.3 is 5.32 Å². The molecule has 0 fully saturated rings. The summed E-state index contributed by atoms with van der Waals surface area (Å²) in [5, 5.41) is 13.2. The predicted molar refractivity (Wildman–Crippen MR) is 101 cm³/mol. The summed E-state index contributed by atoms with van der Waals surface area (Å²) >= 11 is 0. The number of rotatable bonds is 3. The lowest BCUT2D eigenvalue weighted by Gasteiger charge is -2.07. The number of fused-ring (bicyclic) bond motifs is 1. The van der Waals surface area contributed by atoms with Crippen molar-refractivity contribution in [2.45, 2.75) is 13.8 Å². The molecule has 0 aliphatic rings. The Morgan fingerprint density at radius 2 is 1.88 bits per heavy atom. The average molecular weight is 343 g/mol. The molecule has 0 aliphatic heterocycles. The molecule has 6 heteroatoms. The zero-order valence-electron chi connectivity index (χ0n) is 14.5. The smallest absolute Gasteiger partial charge is 0.278 e. The van der Waals surface area contributed by atoms with E-state index < -0.39 is 0 Å². The van der Waals surface area contributed by atoms with Gasteiger partial charge in [0.2, 0.25) is 0 Å². The van der Waals surface area contributed by atoms with E-state index in [1.54, 1.807) is 17.1 Å². The first-order chi connectivity index (χ1) is 12.6. The summed E-state index contributed by atoms with van der Waals surface area (Å²) in [5.41, 5.74) is 3.69. The molecule has 128 valence electrons. The number of anilines is 1. The number of aromatic nitrogens is 4. The number of nitrogens with zero attached hydrogens (tertiary/aromatic N) is 4. The number of amides is 1. The van der Waals surface area contributed by atoms with Gasteiger partial charge in [-0.05, 0) is 49.1 Å². The molecule has 2 aromatic carbocycles. The Bertz CT molecular complexity index is 1120. The number of benzene rings is 2. The second-order valence-electron chi connectivity index (χ2n) is 6.11. The largest absolute Gasteiger partial charge is 0.321 e. The number of hydrogen-bond donors (Lipinski definition) is 1. The lowest BCUT2D eigenvalue weighted by atomic mass is 10.1. The third-order valence-electron chi connectivity index (χ3n) is 4.35. The first-order valence-electron chi connectivity index (χ1n) is 8.27. The summed E-state index contributed by atoms with van der Waals surface area (Å²) in [6.45, 7) is 3.84. The summed E-state index contributed by atoms with van der Waals surface area (Å²) in [6, 6.07) is 15.5. The highest BCUT2D eigenvalue weighted by Gasteiger charge is 2.18. The van der Waals surface area contributed by atoms with Crippen molar-refractivity contribution < 1.29 is 4.79 Å². The molecule has 0 unspecified atom stereocenters. The van der Waals surface area contributed by atoms with E-state index in [-0.39, 0.29) is 5.91 Å². The SMILES string of the molecule is Cc1ccccc1-n1nnc(C(=O)Nc2ccc3cnccc3c2)c1C. The summed E-state index contributed by atoms with van der Waals surface area (Å²) < 4.78 is 1.69. The van der Waals surface area contributed by atoms with Gasteiger partial charge in [-0.15, -0.1) is 5.10 Å². The van der Waals surface area contributed by atoms with Crippen LogP contribution in [0.2, 0.25) is 0 Å². The van der Waals surface area contributed by atoms with E-state index in [9.17, 15) is 4.79 Å². The number of pyridine rings is 1. The maximum atomic E-state index is 12.7. The van der Waals surface area contributed by atoms with Gasteiger partial charge in [0.25, 0.3) is 5.91 Å². The highest BCUT2D eigenvalue weighted by Crippen LogP contribution is 2.20. The standard InChI is InChI=1S/C20H17N5O/c1-13-5-3-4-6-18(13)25-14(2)19(23-24-25)20(26)22-17-8-7-16-12-21-10-9-15(16)11-17/h3-12H,1-2H3,(H,22,26). The molecule has 4 aromatic rings. The van der Waals surface area contributed by atoms with Crippen molar-refractivity contribution in [3.05, 3.63) is 77.9 Å². The zero-order chi connectivity index (χ0) is 18.1. The molecule has 0 bridgehead atoms. The van der Waals surface area contributed by atoms with E-state index in [4.69, 9.17) is 0 Å². The summed E-state index contributed by atoms with van der Waals surface area (Å²) in [5.74, 6) is -0.282. The maximum absolute atomic E-state index is 12.7. The lowest BCUT2D eigenvalue weighted by Crippen LogP contribution is -2.14. The molecule has 26 heavy (non-hydrogen) atoms. The molecule has 0 spiro atoms. The average Bonchev–Trinajstić information content (AvgIpc) is 3.03. The summed E-state index contributed by atoms with van der Waals surface area (Å²) in [4.78, 5) is 16.8. The molecule has 4 rings (SSSR count). The first kappa shape index (κ1) is 16.0. The summed E-state index contributed by atoms with van der Waals surface area (Å²) in [7, 11) is 0. The van der Waals surface area contributed by atoms with Crippen LogP contribution in [0.3, 0.4) is 0 Å². The highest BCUT2D eigenvalue weighted by molar-refractivity contribution is 6.04. The van der Waals surface area contributed by atoms with E-state index in [1.165, 1.54) is 0 Å². The molecular weight excluding hydrogens is 326 g/mol. The van der Waals surface area contributed by atoms with Crippen molar-refractivity contribution in [3.8, 4) is 5.69 Å². The van der Waals surface area contributed by atoms with Gasteiger partial charge in [-0.25, -0.2) is 4.68 Å². The molecule has 1 amide bonds. The van der Waals surface area contributed by atoms with Crippen molar-refractivity contribution >= 4 is 22.4 Å². The zero-order valence-corrected chi connectivity index (χ0v) is 14.5. The number of hydrogen-bond acceptors (Lipinski definition) is 4. The number of para-hydroxylation sites is 1. The fraction of sp³-hybridized carbons (Fsp3) is 0.100. The van der Waals surface area contributed by atoms with Crippen molar-refractivity contribution in [2.24, 2.45) is 0 Å². The van der Waals surface area contributed by atoms with Gasteiger partial charge in [-0.2, -0.15) is 0 Å². The number of aryl methyl sites for hydroxylation is 1. The fourth-order valence-corrected chi connectivity index (χ4v) is 2.92. The molecule has 0 saturated heterocycles. The van der Waals surface area contributed by atoms with Crippen molar-refractivity contribution in [2.75, 3.05) is 5.32 Å². The second-order valence-corrected chi connectivity index (χ2v) is 6.11. The van der Waals surface area contributed by atoms with E-state index in [2.05, 4.69) is 20.6 Å². The Morgan fingerprint density at radius 1 is 1.04 bits per heavy atom. The first-order valence-corrected chi connectivity index (χ1v) is 8.27. The van der Waals surface area contributed by atoms with Crippen LogP contribution in [0.25, 0.3) is 16.5 Å². The van der Waals surface area contributed by atoms with Gasteiger partial charge in [-0.3, -0.25) is 9.78 Å². The van der Waals surface area contributed by atoms with Crippen LogP contribution in [-0.2, 0) is 0 Å². The van der Waals surface area contributed by atoms with Gasteiger partial charge in [0, 0.05) is 23.5 Å². The van der Waals surface area contributed by atoms with Gasteiger partial charge >= 0.3 is 0 Å². The number of carbonyl (C=O) groups excluding carboxylic acids is 1. The second kappa shape index (κ2) is 6.40. The minimum atomic E-state index is -0.282. The summed E-state index contributed by atoms with van der Waals surface area (Å²) in [6.07, 6.45) is 3.52. The van der Waals surface area contributed by atoms with Crippen molar-refractivity contribution in [1.29, 1.82) is 0 Å². The molecular formula is C20H17N5O. The van der Waals surface area contributed by atoms with Crippen LogP contribution in [0.4, 0.5) is 5.69 Å². The number of carbonyl (C=O) groups is 1. The molecule has 0 aliphatic carbocycles. The monoisotopic (exact) mass is 343 g/mol. The fourth-order valence-electron chi connectivity index (χ4n) is 2.92. The van der Waals surface area contributed by atoms with Crippen LogP contribution in [0.5, 0.6) is 0 Å². The van der Waals surface area contributed by atoms with Crippen LogP contribution in [0.15, 0.2) is 60.9 Å². The molecule has 0 atom stereocenters. The molecule has 6 nitrogen and oxygen atoms in total. The molecule has 0 radical (unpaired) electrons. The van der Waals surface area contributed by atoms with Crippen molar-refractivity contribution in [1.82, 2.24) is 20.0 Å². The topological polar surface area (TPSA) is 72.7 Å². The van der Waals surface area contributed by atoms with Crippen LogP contribution in [-0.4, -0.2) is 25.9 Å². The van der Waals surface area contributed by atoms with Gasteiger partial charge in [0.1, 0.15) is 0 Å². The van der Waals surface area contributed by atoms with E-state index in [0.29, 0.717) is 17.1 Å². The maximum Gasteiger partial charge on any atom is 0.278 e. The minimum Gasteiger partial charge on any atom is -0.321 e. The minimum absolute atomic E-state index is 0.282.